The van der Waals surface area contributed by atoms with Crippen molar-refractivity contribution in [3.63, 3.8) is 0 Å². The highest BCUT2D eigenvalue weighted by Gasteiger charge is 2.06. The monoisotopic (exact) mass is 245 g/mol. The number of carboxylic acid groups (broad SMARTS) is 1. The Bertz CT molecular complexity index is 384. The number of nitrogens with one attached hydrogen (secondary N) is 1. The van der Waals surface area contributed by atoms with E-state index in [2.05, 4.69) is 5.32 Å². The summed E-state index contributed by atoms with van der Waals surface area (Å²) in [5.41, 5.74) is 0.685. The number of halogens is 2. The molecule has 0 heterocycles. The first kappa shape index (κ1) is 12.8. The molecule has 5 heteroatoms. The summed E-state index contributed by atoms with van der Waals surface area (Å²) in [7, 11) is 0. The number of rotatable bonds is 5. The van der Waals surface area contributed by atoms with Crippen molar-refractivity contribution in [2.45, 2.75) is 25.8 Å². The average Bonchev–Trinajstić information content (AvgIpc) is 2.21. The summed E-state index contributed by atoms with van der Waals surface area (Å²) < 4.78 is 12.9. The van der Waals surface area contributed by atoms with Gasteiger partial charge >= 0.3 is 5.97 Å². The van der Waals surface area contributed by atoms with Gasteiger partial charge in [-0.2, -0.15) is 0 Å². The van der Waals surface area contributed by atoms with Gasteiger partial charge in [-0.1, -0.05) is 11.6 Å². The predicted octanol–water partition coefficient (Wildman–Crippen LogP) is 3.14. The topological polar surface area (TPSA) is 49.3 Å². The van der Waals surface area contributed by atoms with E-state index in [1.165, 1.54) is 12.1 Å². The molecule has 0 saturated heterocycles. The summed E-state index contributed by atoms with van der Waals surface area (Å²) in [6.07, 6.45) is 0.605. The van der Waals surface area contributed by atoms with Crippen LogP contribution in [-0.2, 0) is 4.79 Å². The summed E-state index contributed by atoms with van der Waals surface area (Å²) >= 11 is 5.62. The highest BCUT2D eigenvalue weighted by molar-refractivity contribution is 6.31. The van der Waals surface area contributed by atoms with Crippen molar-refractivity contribution in [2.24, 2.45) is 0 Å². The molecular weight excluding hydrogens is 233 g/mol. The number of carboxylic acids is 1. The van der Waals surface area contributed by atoms with Gasteiger partial charge in [0.15, 0.2) is 0 Å². The smallest absolute Gasteiger partial charge is 0.303 e. The summed E-state index contributed by atoms with van der Waals surface area (Å²) in [6.45, 7) is 1.86. The van der Waals surface area contributed by atoms with Crippen molar-refractivity contribution in [3.05, 3.63) is 29.0 Å². The number of benzene rings is 1. The SMILES string of the molecule is CC(CCC(=O)O)Nc1ccc(F)c(Cl)c1. The first-order chi connectivity index (χ1) is 7.49. The molecule has 0 aliphatic heterocycles. The zero-order valence-electron chi connectivity index (χ0n) is 8.84. The van der Waals surface area contributed by atoms with E-state index in [0.717, 1.165) is 0 Å². The van der Waals surface area contributed by atoms with Crippen molar-refractivity contribution in [1.82, 2.24) is 0 Å². The van der Waals surface area contributed by atoms with Crippen LogP contribution in [0.15, 0.2) is 18.2 Å². The molecule has 1 unspecified atom stereocenters. The normalized spacial score (nSPS) is 12.2. The molecule has 0 bridgehead atoms. The van der Waals surface area contributed by atoms with Gasteiger partial charge < -0.3 is 10.4 Å². The Labute approximate surface area is 98.2 Å². The van der Waals surface area contributed by atoms with Crippen molar-refractivity contribution in [2.75, 3.05) is 5.32 Å². The third kappa shape index (κ3) is 4.06. The third-order valence-corrected chi connectivity index (χ3v) is 2.41. The minimum absolute atomic E-state index is 0.00220. The lowest BCUT2D eigenvalue weighted by Crippen LogP contribution is -2.16. The van der Waals surface area contributed by atoms with Gasteiger partial charge in [-0.25, -0.2) is 4.39 Å². The summed E-state index contributed by atoms with van der Waals surface area (Å²) in [5, 5.41) is 11.6. The van der Waals surface area contributed by atoms with Gasteiger partial charge in [-0.3, -0.25) is 4.79 Å². The minimum atomic E-state index is -0.828. The Morgan fingerprint density at radius 3 is 2.88 bits per heavy atom. The Hall–Kier alpha value is -1.29. The number of anilines is 1. The molecule has 2 N–H and O–H groups in total. The molecule has 3 nitrogen and oxygen atoms in total. The van der Waals surface area contributed by atoms with E-state index >= 15 is 0 Å². The van der Waals surface area contributed by atoms with Crippen LogP contribution in [0.5, 0.6) is 0 Å². The third-order valence-electron chi connectivity index (χ3n) is 2.12. The molecule has 0 spiro atoms. The maximum atomic E-state index is 12.9. The van der Waals surface area contributed by atoms with E-state index in [9.17, 15) is 9.18 Å². The van der Waals surface area contributed by atoms with Gasteiger partial charge in [0.1, 0.15) is 5.82 Å². The second-order valence-electron chi connectivity index (χ2n) is 3.61. The lowest BCUT2D eigenvalue weighted by molar-refractivity contribution is -0.137. The minimum Gasteiger partial charge on any atom is -0.481 e. The number of hydrogen-bond acceptors (Lipinski definition) is 2. The van der Waals surface area contributed by atoms with E-state index in [4.69, 9.17) is 16.7 Å². The summed E-state index contributed by atoms with van der Waals surface area (Å²) in [6, 6.07) is 4.32. The maximum Gasteiger partial charge on any atom is 0.303 e. The Balaban J connectivity index is 2.52. The molecular formula is C11H13ClFNO2. The van der Waals surface area contributed by atoms with Crippen molar-refractivity contribution in [1.29, 1.82) is 0 Å². The molecule has 1 aromatic rings. The zero-order valence-corrected chi connectivity index (χ0v) is 9.59. The molecule has 0 saturated carbocycles. The number of hydrogen-bond donors (Lipinski definition) is 2. The quantitative estimate of drug-likeness (QED) is 0.838. The average molecular weight is 246 g/mol. The highest BCUT2D eigenvalue weighted by atomic mass is 35.5. The Morgan fingerprint density at radius 1 is 1.62 bits per heavy atom. The molecule has 88 valence electrons. The van der Waals surface area contributed by atoms with E-state index in [1.807, 2.05) is 6.92 Å². The van der Waals surface area contributed by atoms with Crippen LogP contribution in [0, 0.1) is 5.82 Å². The largest absolute Gasteiger partial charge is 0.481 e. The van der Waals surface area contributed by atoms with Crippen molar-refractivity contribution in [3.8, 4) is 0 Å². The van der Waals surface area contributed by atoms with Gasteiger partial charge in [-0.15, -0.1) is 0 Å². The lowest BCUT2D eigenvalue weighted by Gasteiger charge is -2.14. The molecule has 16 heavy (non-hydrogen) atoms. The van der Waals surface area contributed by atoms with Crippen molar-refractivity contribution >= 4 is 23.3 Å². The Morgan fingerprint density at radius 2 is 2.31 bits per heavy atom. The molecule has 0 aromatic heterocycles. The fourth-order valence-corrected chi connectivity index (χ4v) is 1.46. The first-order valence-electron chi connectivity index (χ1n) is 4.92. The fourth-order valence-electron chi connectivity index (χ4n) is 1.28. The van der Waals surface area contributed by atoms with Crippen LogP contribution < -0.4 is 5.32 Å². The standard InChI is InChI=1S/C11H13ClFNO2/c1-7(2-5-11(15)16)14-8-3-4-10(13)9(12)6-8/h3-4,6-7,14H,2,5H2,1H3,(H,15,16). The Kier molecular flexibility index (Phi) is 4.55. The van der Waals surface area contributed by atoms with E-state index in [1.54, 1.807) is 6.07 Å². The van der Waals surface area contributed by atoms with Gasteiger partial charge in [0, 0.05) is 18.2 Å². The van der Waals surface area contributed by atoms with Crippen LogP contribution in [0.1, 0.15) is 19.8 Å². The highest BCUT2D eigenvalue weighted by Crippen LogP contribution is 2.20. The van der Waals surface area contributed by atoms with Crippen LogP contribution in [0.4, 0.5) is 10.1 Å². The van der Waals surface area contributed by atoms with Crippen LogP contribution in [0.3, 0.4) is 0 Å². The molecule has 1 rings (SSSR count). The molecule has 0 aliphatic carbocycles. The first-order valence-corrected chi connectivity index (χ1v) is 5.30. The maximum absolute atomic E-state index is 12.9. The van der Waals surface area contributed by atoms with Gasteiger partial charge in [-0.05, 0) is 31.5 Å². The van der Waals surface area contributed by atoms with Gasteiger partial charge in [0.2, 0.25) is 0 Å². The van der Waals surface area contributed by atoms with Crippen LogP contribution in [-0.4, -0.2) is 17.1 Å². The van der Waals surface area contributed by atoms with E-state index in [0.29, 0.717) is 12.1 Å². The molecule has 0 amide bonds. The summed E-state index contributed by atoms with van der Waals surface area (Å²) in [4.78, 5) is 10.4. The van der Waals surface area contributed by atoms with Crippen LogP contribution in [0.25, 0.3) is 0 Å². The molecule has 1 aromatic carbocycles. The lowest BCUT2D eigenvalue weighted by atomic mass is 10.1. The van der Waals surface area contributed by atoms with Crippen molar-refractivity contribution < 1.29 is 14.3 Å². The fraction of sp³-hybridized carbons (Fsp3) is 0.364. The van der Waals surface area contributed by atoms with Crippen LogP contribution >= 0.6 is 11.6 Å². The molecule has 0 aliphatic rings. The van der Waals surface area contributed by atoms with Gasteiger partial charge in [0.25, 0.3) is 0 Å². The molecule has 0 radical (unpaired) electrons. The zero-order chi connectivity index (χ0) is 12.1. The van der Waals surface area contributed by atoms with Gasteiger partial charge in [0.05, 0.1) is 5.02 Å². The summed E-state index contributed by atoms with van der Waals surface area (Å²) in [5.74, 6) is -1.30. The number of carbonyl (C=O) groups is 1. The molecule has 0 fully saturated rings. The van der Waals surface area contributed by atoms with Crippen LogP contribution in [0.2, 0.25) is 5.02 Å². The van der Waals surface area contributed by atoms with E-state index < -0.39 is 11.8 Å². The predicted molar refractivity (Wildman–Crippen MR) is 61.4 cm³/mol. The second kappa shape index (κ2) is 5.70. The number of aliphatic carboxylic acids is 1. The second-order valence-corrected chi connectivity index (χ2v) is 4.01. The molecule has 1 atom stereocenters. The van der Waals surface area contributed by atoms with E-state index in [-0.39, 0.29) is 17.5 Å².